The quantitative estimate of drug-likeness (QED) is 0.777. The van der Waals surface area contributed by atoms with Crippen LogP contribution < -0.4 is 5.73 Å². The van der Waals surface area contributed by atoms with Crippen LogP contribution in [0.5, 0.6) is 0 Å². The molecule has 1 aromatic heterocycles. The zero-order valence-corrected chi connectivity index (χ0v) is 7.88. The molecule has 13 heavy (non-hydrogen) atoms. The van der Waals surface area contributed by atoms with Gasteiger partial charge in [-0.05, 0) is 30.9 Å². The zero-order chi connectivity index (χ0) is 9.42. The van der Waals surface area contributed by atoms with E-state index in [4.69, 9.17) is 10.8 Å². The molecule has 2 rings (SSSR count). The fourth-order valence-corrected chi connectivity index (χ4v) is 2.28. The Hall–Kier alpha value is -0.870. The van der Waals surface area contributed by atoms with Crippen molar-refractivity contribution < 1.29 is 9.90 Å². The lowest BCUT2D eigenvalue weighted by Crippen LogP contribution is -2.10. The molecule has 0 saturated heterocycles. The summed E-state index contributed by atoms with van der Waals surface area (Å²) in [6.45, 7) is 0. The van der Waals surface area contributed by atoms with Crippen LogP contribution in [0.2, 0.25) is 0 Å². The first-order chi connectivity index (χ1) is 6.18. The number of aromatic carboxylic acids is 1. The SMILES string of the molecule is N[C@@H](c1ccc(C(=O)O)s1)C1CC1. The van der Waals surface area contributed by atoms with Gasteiger partial charge in [0.1, 0.15) is 4.88 Å². The van der Waals surface area contributed by atoms with E-state index in [2.05, 4.69) is 0 Å². The van der Waals surface area contributed by atoms with Gasteiger partial charge in [0.15, 0.2) is 0 Å². The molecule has 0 spiro atoms. The van der Waals surface area contributed by atoms with Gasteiger partial charge in [-0.15, -0.1) is 11.3 Å². The van der Waals surface area contributed by atoms with Crippen molar-refractivity contribution in [2.24, 2.45) is 11.7 Å². The molecule has 1 aliphatic carbocycles. The molecule has 3 nitrogen and oxygen atoms in total. The Morgan fingerprint density at radius 2 is 2.31 bits per heavy atom. The Morgan fingerprint density at radius 3 is 2.77 bits per heavy atom. The minimum absolute atomic E-state index is 0.0538. The molecule has 1 aliphatic rings. The van der Waals surface area contributed by atoms with Crippen LogP contribution in [0.15, 0.2) is 12.1 Å². The van der Waals surface area contributed by atoms with Crippen LogP contribution in [0.1, 0.15) is 33.4 Å². The Balaban J connectivity index is 2.16. The number of hydrogen-bond donors (Lipinski definition) is 2. The van der Waals surface area contributed by atoms with Crippen molar-refractivity contribution >= 4 is 17.3 Å². The molecule has 70 valence electrons. The largest absolute Gasteiger partial charge is 0.477 e. The van der Waals surface area contributed by atoms with Gasteiger partial charge in [0.25, 0.3) is 0 Å². The lowest BCUT2D eigenvalue weighted by Gasteiger charge is -2.05. The van der Waals surface area contributed by atoms with E-state index in [1.165, 1.54) is 24.2 Å². The van der Waals surface area contributed by atoms with Crippen molar-refractivity contribution in [1.82, 2.24) is 0 Å². The number of carboxylic acid groups (broad SMARTS) is 1. The van der Waals surface area contributed by atoms with Gasteiger partial charge in [-0.1, -0.05) is 0 Å². The van der Waals surface area contributed by atoms with Gasteiger partial charge in [-0.3, -0.25) is 0 Å². The van der Waals surface area contributed by atoms with Crippen molar-refractivity contribution in [2.45, 2.75) is 18.9 Å². The van der Waals surface area contributed by atoms with Crippen molar-refractivity contribution in [1.29, 1.82) is 0 Å². The van der Waals surface area contributed by atoms with Crippen LogP contribution in [0, 0.1) is 5.92 Å². The highest BCUT2D eigenvalue weighted by Crippen LogP contribution is 2.41. The van der Waals surface area contributed by atoms with E-state index in [1.54, 1.807) is 6.07 Å². The summed E-state index contributed by atoms with van der Waals surface area (Å²) < 4.78 is 0. The first-order valence-corrected chi connectivity index (χ1v) is 5.08. The number of carboxylic acids is 1. The van der Waals surface area contributed by atoms with Gasteiger partial charge in [-0.2, -0.15) is 0 Å². The van der Waals surface area contributed by atoms with E-state index in [-0.39, 0.29) is 6.04 Å². The molecule has 1 atom stereocenters. The average molecular weight is 197 g/mol. The van der Waals surface area contributed by atoms with Crippen molar-refractivity contribution in [2.75, 3.05) is 0 Å². The second-order valence-electron chi connectivity index (χ2n) is 3.37. The van der Waals surface area contributed by atoms with E-state index in [0.29, 0.717) is 10.8 Å². The Labute approximate surface area is 80.2 Å². The number of rotatable bonds is 3. The molecule has 0 unspecified atom stereocenters. The highest BCUT2D eigenvalue weighted by Gasteiger charge is 2.30. The first kappa shape index (κ1) is 8.72. The van der Waals surface area contributed by atoms with E-state index in [1.807, 2.05) is 6.07 Å². The number of thiophene rings is 1. The first-order valence-electron chi connectivity index (χ1n) is 4.27. The third kappa shape index (κ3) is 1.73. The zero-order valence-electron chi connectivity index (χ0n) is 7.06. The fourth-order valence-electron chi connectivity index (χ4n) is 1.33. The minimum Gasteiger partial charge on any atom is -0.477 e. The van der Waals surface area contributed by atoms with E-state index < -0.39 is 5.97 Å². The Kier molecular flexibility index (Phi) is 2.09. The van der Waals surface area contributed by atoms with Gasteiger partial charge >= 0.3 is 5.97 Å². The molecule has 4 heteroatoms. The molecule has 1 saturated carbocycles. The van der Waals surface area contributed by atoms with Gasteiger partial charge in [0.05, 0.1) is 0 Å². The summed E-state index contributed by atoms with van der Waals surface area (Å²) in [5, 5.41) is 8.70. The second-order valence-corrected chi connectivity index (χ2v) is 4.49. The molecule has 0 aliphatic heterocycles. The van der Waals surface area contributed by atoms with Gasteiger partial charge in [0.2, 0.25) is 0 Å². The van der Waals surface area contributed by atoms with Crippen LogP contribution in [-0.2, 0) is 0 Å². The minimum atomic E-state index is -0.862. The lowest BCUT2D eigenvalue weighted by molar-refractivity contribution is 0.0702. The van der Waals surface area contributed by atoms with E-state index in [9.17, 15) is 4.79 Å². The predicted octanol–water partition coefficient (Wildman–Crippen LogP) is 1.86. The summed E-state index contributed by atoms with van der Waals surface area (Å²) in [5.41, 5.74) is 5.93. The Bertz CT molecular complexity index is 330. The average Bonchev–Trinajstić information content (AvgIpc) is 2.81. The summed E-state index contributed by atoms with van der Waals surface area (Å²) in [5.74, 6) is -0.278. The summed E-state index contributed by atoms with van der Waals surface area (Å²) >= 11 is 1.29. The van der Waals surface area contributed by atoms with Crippen molar-refractivity contribution in [3.05, 3.63) is 21.9 Å². The van der Waals surface area contributed by atoms with Crippen molar-refractivity contribution in [3.63, 3.8) is 0 Å². The molecular weight excluding hydrogens is 186 g/mol. The van der Waals surface area contributed by atoms with E-state index >= 15 is 0 Å². The van der Waals surface area contributed by atoms with E-state index in [0.717, 1.165) is 4.88 Å². The van der Waals surface area contributed by atoms with Crippen molar-refractivity contribution in [3.8, 4) is 0 Å². The lowest BCUT2D eigenvalue weighted by atomic mass is 10.2. The molecular formula is C9H11NO2S. The second kappa shape index (κ2) is 3.12. The maximum Gasteiger partial charge on any atom is 0.345 e. The molecule has 1 heterocycles. The van der Waals surface area contributed by atoms with Crippen LogP contribution in [-0.4, -0.2) is 11.1 Å². The van der Waals surface area contributed by atoms with Crippen LogP contribution in [0.25, 0.3) is 0 Å². The smallest absolute Gasteiger partial charge is 0.345 e. The molecule has 0 aromatic carbocycles. The number of carbonyl (C=O) groups is 1. The number of nitrogens with two attached hydrogens (primary N) is 1. The summed E-state index contributed by atoms with van der Waals surface area (Å²) in [4.78, 5) is 12.0. The maximum absolute atomic E-state index is 10.6. The topological polar surface area (TPSA) is 63.3 Å². The maximum atomic E-state index is 10.6. The third-order valence-electron chi connectivity index (χ3n) is 2.30. The normalized spacial score (nSPS) is 18.5. The van der Waals surface area contributed by atoms with Crippen LogP contribution in [0.4, 0.5) is 0 Å². The molecule has 0 bridgehead atoms. The highest BCUT2D eigenvalue weighted by molar-refractivity contribution is 7.14. The third-order valence-corrected chi connectivity index (χ3v) is 3.47. The summed E-state index contributed by atoms with van der Waals surface area (Å²) in [6, 6.07) is 3.51. The molecule has 0 radical (unpaired) electrons. The van der Waals surface area contributed by atoms with Crippen LogP contribution in [0.3, 0.4) is 0 Å². The van der Waals surface area contributed by atoms with Gasteiger partial charge < -0.3 is 10.8 Å². The molecule has 3 N–H and O–H groups in total. The summed E-state index contributed by atoms with van der Waals surface area (Å²) in [7, 11) is 0. The predicted molar refractivity (Wildman–Crippen MR) is 50.9 cm³/mol. The molecule has 0 amide bonds. The van der Waals surface area contributed by atoms with Gasteiger partial charge in [-0.25, -0.2) is 4.79 Å². The molecule has 1 fully saturated rings. The number of hydrogen-bond acceptors (Lipinski definition) is 3. The summed E-state index contributed by atoms with van der Waals surface area (Å²) in [6.07, 6.45) is 2.36. The fraction of sp³-hybridized carbons (Fsp3) is 0.444. The van der Waals surface area contributed by atoms with Crippen LogP contribution >= 0.6 is 11.3 Å². The highest BCUT2D eigenvalue weighted by atomic mass is 32.1. The molecule has 1 aromatic rings. The van der Waals surface area contributed by atoms with Gasteiger partial charge in [0, 0.05) is 10.9 Å². The monoisotopic (exact) mass is 197 g/mol. The standard InChI is InChI=1S/C9H11NO2S/c10-8(5-1-2-5)6-3-4-7(13-6)9(11)12/h3-5,8H,1-2,10H2,(H,11,12)/t8-/m1/s1. The Morgan fingerprint density at radius 1 is 1.62 bits per heavy atom.